The van der Waals surface area contributed by atoms with E-state index < -0.39 is 23.1 Å². The maximum Gasteiger partial charge on any atom is 0.163 e. The summed E-state index contributed by atoms with van der Waals surface area (Å²) in [6, 6.07) is 0.436. The molecule has 114 heavy (non-hydrogen) atoms. The number of allylic oxidation sites excluding steroid dienone is 3. The minimum Gasteiger partial charge on any atom is -0.393 e. The maximum atomic E-state index is 12.7. The Kier molecular flexibility index (Phi) is 26.9. The van der Waals surface area contributed by atoms with Crippen LogP contribution < -0.4 is 5.73 Å². The van der Waals surface area contributed by atoms with E-state index in [2.05, 4.69) is 127 Å². The van der Waals surface area contributed by atoms with Gasteiger partial charge in [0, 0.05) is 28.8 Å². The van der Waals surface area contributed by atoms with Gasteiger partial charge in [-0.1, -0.05) is 156 Å². The normalized spacial score (nSPS) is 52.9. The lowest BCUT2D eigenvalue weighted by molar-refractivity contribution is -0.186. The van der Waals surface area contributed by atoms with Crippen molar-refractivity contribution in [2.24, 2.45) is 149 Å². The number of ether oxygens (including phenoxy) is 8. The van der Waals surface area contributed by atoms with Gasteiger partial charge in [0.1, 0.15) is 5.78 Å². The predicted octanol–water partition coefficient (Wildman–Crippen LogP) is 24.1. The number of hydrogen-bond acceptors (Lipinski definition) is 13. The number of carbonyl (C=O) groups is 1. The van der Waals surface area contributed by atoms with Gasteiger partial charge in [-0.05, 0) is 367 Å². The molecule has 0 aromatic heterocycles. The van der Waals surface area contributed by atoms with Crippen molar-refractivity contribution < 1.29 is 52.9 Å². The molecule has 16 saturated carbocycles. The Morgan fingerprint density at radius 2 is 0.596 bits per heavy atom. The zero-order chi connectivity index (χ0) is 75.3. The molecule has 15 heteroatoms. The average molecular weight is 1600 g/mol. The highest BCUT2D eigenvalue weighted by molar-refractivity contribution is 5.87. The van der Waals surface area contributed by atoms with E-state index in [1.807, 2.05) is 13.8 Å². The van der Waals surface area contributed by atoms with Gasteiger partial charge in [0.2, 0.25) is 0 Å². The number of fused-ring (bicyclic) bond motifs is 32. The van der Waals surface area contributed by atoms with Gasteiger partial charge in [0.05, 0.1) is 61.0 Å². The standard InChI is InChI=1S/C23H35N3O2.C23H37NO2.C23H36O3.C22H34O4.8CH4/c1-13-6-7-15-18-16(9-11-22(13,15)4)23(5)10-8-14(25-26-24)12-17(23)19-20(18)28-21(2,3)27-19;2*1-13-6-7-15-18-16(9-11-22(13,15)4)23(5)10-8-14(24)12-17(23)19-20(18)26-21(2,3)25-19;1-20(2)25-18-15-11-12(23)7-9-21(15,3)14-8-10-22(4)13(5-6-16(22)24)17(14)19(18)26-20;;;;;;;;/h14-20H,1,6-12H2,2-5H3;14-20H,1,6-12,24H2,2-5H3;14-20,24H,1,6-12H2,2-5H3;12-15,17-19,23H,5-11H2,1-4H3;8*1H4/t2*14-,15?,16?,17?,18?,19-,20-,22-,23-;14-,15?,16?,17?,18?,19+,20+,22+,23+;12-,13?,14?,15?,17?,18+,19+,21+,22-;;;;;;;;/m1100......../s1. The fourth-order valence-corrected chi connectivity index (χ4v) is 32.4. The van der Waals surface area contributed by atoms with Crippen molar-refractivity contribution in [3.05, 3.63) is 46.9 Å². The fraction of sp³-hybridized carbons (Fsp3) is 0.929. The van der Waals surface area contributed by atoms with Crippen LogP contribution in [0.15, 0.2) is 41.6 Å². The zero-order valence-electron chi connectivity index (χ0n) is 68.6. The summed E-state index contributed by atoms with van der Waals surface area (Å²) in [5.41, 5.74) is 21.7. The molecule has 15 nitrogen and oxygen atoms in total. The molecule has 0 spiro atoms. The van der Waals surface area contributed by atoms with Crippen molar-refractivity contribution in [2.75, 3.05) is 0 Å². The molecule has 4 aliphatic heterocycles. The Balaban J connectivity index is 0.000000170. The number of rotatable bonds is 1. The summed E-state index contributed by atoms with van der Waals surface area (Å²) in [6.07, 6.45) is 32.3. The zero-order valence-corrected chi connectivity index (χ0v) is 68.6. The first-order valence-electron chi connectivity index (χ1n) is 43.8. The Hall–Kier alpha value is -2.24. The van der Waals surface area contributed by atoms with Crippen LogP contribution in [0.1, 0.15) is 350 Å². The summed E-state index contributed by atoms with van der Waals surface area (Å²) in [5, 5.41) is 24.9. The molecule has 20 rings (SSSR count). The first kappa shape index (κ1) is 95.6. The van der Waals surface area contributed by atoms with Crippen LogP contribution in [0.2, 0.25) is 0 Å². The van der Waals surface area contributed by atoms with Gasteiger partial charge in [0.25, 0.3) is 0 Å². The van der Waals surface area contributed by atoms with Gasteiger partial charge in [-0.2, -0.15) is 0 Å². The molecule has 656 valence electrons. The Morgan fingerprint density at radius 3 is 0.921 bits per heavy atom. The van der Waals surface area contributed by atoms with Crippen molar-refractivity contribution in [3.8, 4) is 0 Å². The third kappa shape index (κ3) is 14.4. The minimum atomic E-state index is -0.565. The van der Waals surface area contributed by atoms with E-state index in [0.29, 0.717) is 117 Å². The third-order valence-electron chi connectivity index (χ3n) is 37.9. The van der Waals surface area contributed by atoms with Crippen LogP contribution >= 0.6 is 0 Å². The summed E-state index contributed by atoms with van der Waals surface area (Å²) in [5.74, 6) is 7.55. The number of aliphatic hydroxyl groups is 2. The van der Waals surface area contributed by atoms with Crippen LogP contribution in [0.3, 0.4) is 0 Å². The maximum absolute atomic E-state index is 12.7. The number of carbonyl (C=O) groups excluding carboxylic acids is 1. The lowest BCUT2D eigenvalue weighted by atomic mass is 9.43. The number of aliphatic hydroxyl groups excluding tert-OH is 2. The fourth-order valence-electron chi connectivity index (χ4n) is 32.4. The lowest BCUT2D eigenvalue weighted by Gasteiger charge is -2.63. The van der Waals surface area contributed by atoms with Crippen molar-refractivity contribution >= 4 is 5.78 Å². The molecule has 4 saturated heterocycles. The number of azide groups is 1. The Bertz CT molecular complexity index is 3280. The smallest absolute Gasteiger partial charge is 0.163 e. The summed E-state index contributed by atoms with van der Waals surface area (Å²) >= 11 is 0. The van der Waals surface area contributed by atoms with Crippen LogP contribution in [0.5, 0.6) is 0 Å². The van der Waals surface area contributed by atoms with E-state index in [1.165, 1.54) is 107 Å². The summed E-state index contributed by atoms with van der Waals surface area (Å²) in [4.78, 5) is 15.8. The lowest BCUT2D eigenvalue weighted by Crippen LogP contribution is -2.63. The van der Waals surface area contributed by atoms with E-state index >= 15 is 0 Å². The number of nitrogens with zero attached hydrogens (tertiary/aromatic N) is 3. The van der Waals surface area contributed by atoms with Gasteiger partial charge >= 0.3 is 0 Å². The molecular formula is C99H174N4O11. The van der Waals surface area contributed by atoms with E-state index in [4.69, 9.17) is 49.2 Å². The molecule has 0 amide bonds. The van der Waals surface area contributed by atoms with Crippen LogP contribution in [0.25, 0.3) is 10.4 Å². The molecule has 0 aromatic carbocycles. The number of nitrogens with two attached hydrogens (primary N) is 1. The van der Waals surface area contributed by atoms with Crippen LogP contribution in [-0.2, 0) is 42.7 Å². The topological polar surface area (TPSA) is 206 Å². The summed E-state index contributed by atoms with van der Waals surface area (Å²) < 4.78 is 52.6. The highest BCUT2D eigenvalue weighted by atomic mass is 16.8. The van der Waals surface area contributed by atoms with Crippen molar-refractivity contribution in [2.45, 2.75) is 446 Å². The molecule has 20 fully saturated rings. The van der Waals surface area contributed by atoms with Gasteiger partial charge < -0.3 is 53.8 Å². The second-order valence-corrected chi connectivity index (χ2v) is 44.1. The van der Waals surface area contributed by atoms with E-state index in [9.17, 15) is 15.0 Å². The van der Waals surface area contributed by atoms with Crippen molar-refractivity contribution in [3.63, 3.8) is 0 Å². The van der Waals surface area contributed by atoms with E-state index in [0.717, 1.165) is 95.8 Å². The monoisotopic (exact) mass is 1600 g/mol. The highest BCUT2D eigenvalue weighted by Gasteiger charge is 2.74. The van der Waals surface area contributed by atoms with Gasteiger partial charge in [0.15, 0.2) is 23.1 Å². The third-order valence-corrected chi connectivity index (χ3v) is 37.9. The summed E-state index contributed by atoms with van der Waals surface area (Å²) in [7, 11) is 0. The number of Topliss-reactive ketones (excluding diaryl/α,β-unsaturated/α-hetero) is 1. The van der Waals surface area contributed by atoms with Gasteiger partial charge in [-0.25, -0.2) is 0 Å². The van der Waals surface area contributed by atoms with Gasteiger partial charge in [-0.15, -0.1) is 0 Å². The van der Waals surface area contributed by atoms with Crippen LogP contribution in [0, 0.1) is 138 Å². The first-order chi connectivity index (χ1) is 49.7. The van der Waals surface area contributed by atoms with Crippen LogP contribution in [0.4, 0.5) is 0 Å². The molecule has 0 bridgehead atoms. The van der Waals surface area contributed by atoms with Crippen molar-refractivity contribution in [1.82, 2.24) is 0 Å². The Labute approximate surface area is 697 Å². The molecule has 4 N–H and O–H groups in total. The number of ketones is 1. The largest absolute Gasteiger partial charge is 0.393 e. The molecule has 20 aliphatic rings. The second-order valence-electron chi connectivity index (χ2n) is 44.1. The molecule has 0 radical (unpaired) electrons. The summed E-state index contributed by atoms with van der Waals surface area (Å²) in [6.45, 7) is 49.7. The quantitative estimate of drug-likeness (QED) is 0.0970. The van der Waals surface area contributed by atoms with Crippen molar-refractivity contribution in [1.29, 1.82) is 0 Å². The second kappa shape index (κ2) is 32.1. The van der Waals surface area contributed by atoms with E-state index in [-0.39, 0.29) is 154 Å². The minimum absolute atomic E-state index is 0. The van der Waals surface area contributed by atoms with Crippen LogP contribution in [-0.4, -0.2) is 112 Å². The first-order valence-corrected chi connectivity index (χ1v) is 43.8. The molecule has 0 aromatic rings. The SMILES string of the molecule is C.C.C.C.C.C.C.C.C=C1CCC2C3C(CC[C@]12C)[C@@]1(C)CC[C@@H](N)CC1[C@H]1OC(C)(C)O[C@H]31.C=C1CCC2C3C(CC[C@]12C)[C@@]1(C)CC[C@@H](N=[N+]=[N-])CC1[C@H]1OC(C)(C)O[C@H]31.C=C1CCC2C3C(CC[C@]12C)[C@@]1(C)CC[C@H](O)CC1[C@H]1OC(C)(C)O[C@H]31.CC1(C)O[C@@H]2C3C(CC[C@]4(C)C(=O)CCC34)[C@@]3(C)CC[C@H](O)CC3[C@H]2O1. The Morgan fingerprint density at radius 1 is 0.333 bits per heavy atom. The molecule has 16 unspecified atom stereocenters. The highest BCUT2D eigenvalue weighted by Crippen LogP contribution is 2.75. The molecule has 16 aliphatic carbocycles. The molecule has 4 heterocycles. The number of hydrogen-bond donors (Lipinski definition) is 3. The molecule has 36 atom stereocenters. The van der Waals surface area contributed by atoms with E-state index in [1.54, 1.807) is 0 Å². The van der Waals surface area contributed by atoms with Gasteiger partial charge in [-0.3, -0.25) is 4.79 Å². The molecular weight excluding hydrogens is 1420 g/mol. The average Bonchev–Trinajstić information content (AvgIpc) is 1.35. The predicted molar refractivity (Wildman–Crippen MR) is 464 cm³/mol.